The first-order valence-corrected chi connectivity index (χ1v) is 5.68. The Kier molecular flexibility index (Phi) is 4.77. The lowest BCUT2D eigenvalue weighted by atomic mass is 10.2. The number of amides is 2. The molecule has 106 valence electrons. The third-order valence-corrected chi connectivity index (χ3v) is 2.48. The second kappa shape index (κ2) is 5.92. The molecule has 0 aliphatic carbocycles. The summed E-state index contributed by atoms with van der Waals surface area (Å²) in [5, 5.41) is 9.86. The molecule has 2 amide bonds. The van der Waals surface area contributed by atoms with E-state index < -0.39 is 17.8 Å². The van der Waals surface area contributed by atoms with E-state index in [2.05, 4.69) is 0 Å². The molecular formula is C12H15F3N2O2. The Bertz CT molecular complexity index is 449. The molecule has 0 saturated heterocycles. The van der Waals surface area contributed by atoms with Gasteiger partial charge in [-0.05, 0) is 24.6 Å². The number of rotatable bonds is 3. The smallest absolute Gasteiger partial charge is 0.326 e. The van der Waals surface area contributed by atoms with Crippen molar-refractivity contribution in [3.05, 3.63) is 29.8 Å². The molecule has 0 aliphatic heterocycles. The van der Waals surface area contributed by atoms with Crippen LogP contribution in [-0.4, -0.2) is 29.7 Å². The first-order chi connectivity index (χ1) is 8.77. The first-order valence-electron chi connectivity index (χ1n) is 5.68. The number of carbonyl (C=O) groups is 1. The summed E-state index contributed by atoms with van der Waals surface area (Å²) in [7, 11) is 1.46. The molecule has 0 aliphatic rings. The van der Waals surface area contributed by atoms with Crippen LogP contribution in [0.4, 0.5) is 23.7 Å². The fraction of sp³-hybridized carbons (Fsp3) is 0.417. The molecule has 0 heterocycles. The van der Waals surface area contributed by atoms with Gasteiger partial charge in [-0.3, -0.25) is 5.21 Å². The van der Waals surface area contributed by atoms with Crippen LogP contribution in [0.15, 0.2) is 24.3 Å². The number of benzene rings is 1. The zero-order valence-corrected chi connectivity index (χ0v) is 10.6. The monoisotopic (exact) mass is 276 g/mol. The molecule has 0 fully saturated rings. The Hall–Kier alpha value is -1.76. The van der Waals surface area contributed by atoms with Gasteiger partial charge in [-0.15, -0.1) is 0 Å². The van der Waals surface area contributed by atoms with Gasteiger partial charge in [0.2, 0.25) is 0 Å². The van der Waals surface area contributed by atoms with E-state index in [0.29, 0.717) is 13.0 Å². The maximum atomic E-state index is 12.5. The van der Waals surface area contributed by atoms with E-state index >= 15 is 0 Å². The number of hydrogen-bond acceptors (Lipinski definition) is 2. The summed E-state index contributed by atoms with van der Waals surface area (Å²) in [5.41, 5.74) is -1.14. The number of carbonyl (C=O) groups excluding carboxylic acids is 1. The molecule has 0 radical (unpaired) electrons. The van der Waals surface area contributed by atoms with Crippen LogP contribution in [0.2, 0.25) is 0 Å². The van der Waals surface area contributed by atoms with E-state index in [9.17, 15) is 23.2 Å². The minimum atomic E-state index is -4.52. The van der Waals surface area contributed by atoms with Gasteiger partial charge in [0.15, 0.2) is 0 Å². The summed E-state index contributed by atoms with van der Waals surface area (Å²) in [5.74, 6) is 0. The Morgan fingerprint density at radius 1 is 1.37 bits per heavy atom. The molecule has 4 nitrogen and oxygen atoms in total. The van der Waals surface area contributed by atoms with Gasteiger partial charge in [-0.25, -0.2) is 4.79 Å². The second-order valence-electron chi connectivity index (χ2n) is 4.06. The molecule has 19 heavy (non-hydrogen) atoms. The van der Waals surface area contributed by atoms with Gasteiger partial charge in [0.05, 0.1) is 11.3 Å². The predicted octanol–water partition coefficient (Wildman–Crippen LogP) is 3.36. The molecule has 0 aromatic heterocycles. The van der Waals surface area contributed by atoms with E-state index in [-0.39, 0.29) is 10.8 Å². The van der Waals surface area contributed by atoms with Gasteiger partial charge in [0.1, 0.15) is 0 Å². The highest BCUT2D eigenvalue weighted by molar-refractivity contribution is 5.89. The number of halogens is 3. The molecule has 0 saturated carbocycles. The van der Waals surface area contributed by atoms with E-state index in [1.807, 2.05) is 6.92 Å². The highest BCUT2D eigenvalue weighted by atomic mass is 19.4. The minimum Gasteiger partial charge on any atom is -0.326 e. The van der Waals surface area contributed by atoms with E-state index in [0.717, 1.165) is 18.2 Å². The van der Waals surface area contributed by atoms with Crippen molar-refractivity contribution >= 4 is 11.7 Å². The summed E-state index contributed by atoms with van der Waals surface area (Å²) in [6.07, 6.45) is -3.84. The predicted molar refractivity (Wildman–Crippen MR) is 64.0 cm³/mol. The number of hydrogen-bond donors (Lipinski definition) is 1. The van der Waals surface area contributed by atoms with Crippen molar-refractivity contribution in [3.63, 3.8) is 0 Å². The number of hydroxylamine groups is 1. The Morgan fingerprint density at radius 2 is 2.00 bits per heavy atom. The average molecular weight is 276 g/mol. The summed E-state index contributed by atoms with van der Waals surface area (Å²) >= 11 is 0. The summed E-state index contributed by atoms with van der Waals surface area (Å²) in [6, 6.07) is 3.18. The van der Waals surface area contributed by atoms with Gasteiger partial charge >= 0.3 is 12.2 Å². The van der Waals surface area contributed by atoms with Crippen LogP contribution in [-0.2, 0) is 6.18 Å². The van der Waals surface area contributed by atoms with Crippen molar-refractivity contribution in [1.82, 2.24) is 4.90 Å². The SMILES string of the molecule is CCCN(C)C(=O)N(O)c1cccc(C(F)(F)F)c1. The van der Waals surface area contributed by atoms with E-state index in [4.69, 9.17) is 0 Å². The van der Waals surface area contributed by atoms with E-state index in [1.54, 1.807) is 0 Å². The van der Waals surface area contributed by atoms with Gasteiger partial charge in [0, 0.05) is 13.6 Å². The highest BCUT2D eigenvalue weighted by Crippen LogP contribution is 2.31. The number of alkyl halides is 3. The second-order valence-corrected chi connectivity index (χ2v) is 4.06. The molecule has 1 N–H and O–H groups in total. The molecular weight excluding hydrogens is 261 g/mol. The maximum absolute atomic E-state index is 12.5. The fourth-order valence-electron chi connectivity index (χ4n) is 1.52. The number of anilines is 1. The molecule has 0 atom stereocenters. The van der Waals surface area contributed by atoms with Gasteiger partial charge in [-0.1, -0.05) is 13.0 Å². The van der Waals surface area contributed by atoms with Crippen LogP contribution in [0, 0.1) is 0 Å². The Morgan fingerprint density at radius 3 is 2.53 bits per heavy atom. The third-order valence-electron chi connectivity index (χ3n) is 2.48. The number of nitrogens with zero attached hydrogens (tertiary/aromatic N) is 2. The third kappa shape index (κ3) is 3.85. The topological polar surface area (TPSA) is 43.8 Å². The zero-order valence-electron chi connectivity index (χ0n) is 10.6. The lowest BCUT2D eigenvalue weighted by Gasteiger charge is -2.23. The largest absolute Gasteiger partial charge is 0.416 e. The van der Waals surface area contributed by atoms with Gasteiger partial charge in [0.25, 0.3) is 0 Å². The summed E-state index contributed by atoms with van der Waals surface area (Å²) in [6.45, 7) is 2.24. The minimum absolute atomic E-state index is 0.213. The average Bonchev–Trinajstić information content (AvgIpc) is 2.36. The fourth-order valence-corrected chi connectivity index (χ4v) is 1.52. The lowest BCUT2D eigenvalue weighted by Crippen LogP contribution is -2.39. The maximum Gasteiger partial charge on any atom is 0.416 e. The van der Waals surface area contributed by atoms with Crippen LogP contribution in [0.5, 0.6) is 0 Å². The molecule has 0 bridgehead atoms. The molecule has 0 unspecified atom stereocenters. The van der Waals surface area contributed by atoms with Crippen molar-refractivity contribution in [2.75, 3.05) is 18.7 Å². The number of urea groups is 1. The first kappa shape index (κ1) is 15.3. The normalized spacial score (nSPS) is 11.3. The van der Waals surface area contributed by atoms with Crippen molar-refractivity contribution in [2.24, 2.45) is 0 Å². The van der Waals surface area contributed by atoms with Gasteiger partial charge < -0.3 is 4.90 Å². The van der Waals surface area contributed by atoms with Gasteiger partial charge in [-0.2, -0.15) is 18.2 Å². The summed E-state index contributed by atoms with van der Waals surface area (Å²) < 4.78 is 37.5. The lowest BCUT2D eigenvalue weighted by molar-refractivity contribution is -0.137. The Labute approximate surface area is 109 Å². The zero-order chi connectivity index (χ0) is 14.6. The van der Waals surface area contributed by atoms with Crippen LogP contribution in [0.3, 0.4) is 0 Å². The van der Waals surface area contributed by atoms with Crippen molar-refractivity contribution in [3.8, 4) is 0 Å². The molecule has 1 rings (SSSR count). The van der Waals surface area contributed by atoms with E-state index in [1.165, 1.54) is 18.0 Å². The van der Waals surface area contributed by atoms with Crippen LogP contribution < -0.4 is 5.06 Å². The standard InChI is InChI=1S/C12H15F3N2O2/c1-3-7-16(2)11(18)17(19)10-6-4-5-9(8-10)12(13,14)15/h4-6,8,19H,3,7H2,1-2H3. The molecule has 7 heteroatoms. The van der Waals surface area contributed by atoms with Crippen molar-refractivity contribution in [1.29, 1.82) is 0 Å². The van der Waals surface area contributed by atoms with Crippen LogP contribution in [0.25, 0.3) is 0 Å². The molecule has 1 aromatic carbocycles. The van der Waals surface area contributed by atoms with Crippen molar-refractivity contribution in [2.45, 2.75) is 19.5 Å². The van der Waals surface area contributed by atoms with Crippen LogP contribution in [0.1, 0.15) is 18.9 Å². The quantitative estimate of drug-likeness (QED) is 0.679. The highest BCUT2D eigenvalue weighted by Gasteiger charge is 2.31. The van der Waals surface area contributed by atoms with Crippen molar-refractivity contribution < 1.29 is 23.2 Å². The molecule has 0 spiro atoms. The van der Waals surface area contributed by atoms with Crippen LogP contribution >= 0.6 is 0 Å². The molecule has 1 aromatic rings. The summed E-state index contributed by atoms with van der Waals surface area (Å²) in [4.78, 5) is 12.9. The Balaban J connectivity index is 2.94.